The zero-order valence-corrected chi connectivity index (χ0v) is 17.2. The van der Waals surface area contributed by atoms with Crippen molar-refractivity contribution in [3.8, 4) is 0 Å². The summed E-state index contributed by atoms with van der Waals surface area (Å²) in [5.41, 5.74) is 1.24. The number of anilines is 1. The maximum absolute atomic E-state index is 14.7. The zero-order valence-electron chi connectivity index (χ0n) is 17.2. The lowest BCUT2D eigenvalue weighted by molar-refractivity contribution is -0.117. The number of ether oxygens (including phenoxy) is 1. The van der Waals surface area contributed by atoms with E-state index >= 15 is 0 Å². The fourth-order valence-corrected chi connectivity index (χ4v) is 3.58. The standard InChI is InChI=1S/C21H26F2N6O2/c1-26-9-13(8-24)15-6-18(23)20(7-17(15)22)28-21(25)16-10-29(12-30)4-2-19(16)27-14-3-5-31-11-14/h6-9,12,14,24,26-27H,2-5,10-11H2,1H3,(H2,25,28)/b13-9+,24-8?. The molecule has 2 heterocycles. The SMILES string of the molecule is CN/C=C(\C=N)c1cc(F)c(NC(=N)C2=C(NC3CCOC3)CCN(C=O)C2)cc1F. The van der Waals surface area contributed by atoms with Crippen LogP contribution in [0.5, 0.6) is 0 Å². The number of halogens is 2. The number of rotatable bonds is 8. The molecule has 10 heteroatoms. The minimum atomic E-state index is -0.757. The van der Waals surface area contributed by atoms with Crippen molar-refractivity contribution >= 4 is 29.7 Å². The Balaban J connectivity index is 1.86. The molecule has 1 unspecified atom stereocenters. The number of nitrogens with one attached hydrogen (secondary N) is 5. The molecule has 1 aromatic rings. The van der Waals surface area contributed by atoms with Gasteiger partial charge < -0.3 is 31.0 Å². The van der Waals surface area contributed by atoms with E-state index in [2.05, 4.69) is 16.0 Å². The van der Waals surface area contributed by atoms with Crippen LogP contribution in [0.2, 0.25) is 0 Å². The summed E-state index contributed by atoms with van der Waals surface area (Å²) in [6.45, 7) is 1.92. The van der Waals surface area contributed by atoms with Crippen molar-refractivity contribution in [3.63, 3.8) is 0 Å². The molecule has 0 spiro atoms. The number of carbonyl (C=O) groups is 1. The summed E-state index contributed by atoms with van der Waals surface area (Å²) < 4.78 is 34.7. The quantitative estimate of drug-likeness (QED) is 0.245. The Labute approximate surface area is 179 Å². The van der Waals surface area contributed by atoms with E-state index in [4.69, 9.17) is 15.6 Å². The molecule has 0 saturated carbocycles. The van der Waals surface area contributed by atoms with Crippen molar-refractivity contribution in [2.45, 2.75) is 18.9 Å². The van der Waals surface area contributed by atoms with E-state index in [1.54, 1.807) is 7.05 Å². The van der Waals surface area contributed by atoms with Gasteiger partial charge in [-0.2, -0.15) is 0 Å². The molecule has 1 fully saturated rings. The van der Waals surface area contributed by atoms with Gasteiger partial charge in [-0.15, -0.1) is 0 Å². The van der Waals surface area contributed by atoms with Gasteiger partial charge in [-0.1, -0.05) is 0 Å². The van der Waals surface area contributed by atoms with Crippen LogP contribution in [0.1, 0.15) is 18.4 Å². The van der Waals surface area contributed by atoms with Crippen LogP contribution < -0.4 is 16.0 Å². The summed E-state index contributed by atoms with van der Waals surface area (Å²) in [4.78, 5) is 12.8. The number of allylic oxidation sites excluding steroid dienone is 1. The van der Waals surface area contributed by atoms with Crippen molar-refractivity contribution < 1.29 is 18.3 Å². The number of carbonyl (C=O) groups excluding carboxylic acids is 1. The number of nitrogens with zero attached hydrogens (tertiary/aromatic N) is 1. The number of amides is 1. The van der Waals surface area contributed by atoms with Gasteiger partial charge in [0.2, 0.25) is 6.41 Å². The molecule has 1 amide bonds. The second-order valence-electron chi connectivity index (χ2n) is 7.33. The molecule has 3 rings (SSSR count). The molecule has 1 atom stereocenters. The van der Waals surface area contributed by atoms with Crippen molar-refractivity contribution in [2.24, 2.45) is 0 Å². The van der Waals surface area contributed by atoms with E-state index < -0.39 is 11.6 Å². The Bertz CT molecular complexity index is 925. The maximum Gasteiger partial charge on any atom is 0.210 e. The minimum Gasteiger partial charge on any atom is -0.393 e. The Hall–Kier alpha value is -3.27. The first-order valence-electron chi connectivity index (χ1n) is 9.95. The van der Waals surface area contributed by atoms with Crippen LogP contribution in [-0.4, -0.2) is 62.8 Å². The van der Waals surface area contributed by atoms with E-state index in [0.29, 0.717) is 38.2 Å². The molecule has 2 aliphatic heterocycles. The minimum absolute atomic E-state index is 0.0634. The summed E-state index contributed by atoms with van der Waals surface area (Å²) in [7, 11) is 1.60. The highest BCUT2D eigenvalue weighted by Gasteiger charge is 2.25. The maximum atomic E-state index is 14.7. The Morgan fingerprint density at radius 1 is 1.32 bits per heavy atom. The van der Waals surface area contributed by atoms with Gasteiger partial charge in [-0.05, 0) is 12.5 Å². The largest absolute Gasteiger partial charge is 0.393 e. The highest BCUT2D eigenvalue weighted by atomic mass is 19.1. The Kier molecular flexibility index (Phi) is 7.35. The molecular weight excluding hydrogens is 406 g/mol. The monoisotopic (exact) mass is 432 g/mol. The van der Waals surface area contributed by atoms with Gasteiger partial charge in [0, 0.05) is 67.5 Å². The highest BCUT2D eigenvalue weighted by molar-refractivity contribution is 6.09. The third kappa shape index (κ3) is 5.26. The summed E-state index contributed by atoms with van der Waals surface area (Å²) >= 11 is 0. The van der Waals surface area contributed by atoms with Crippen LogP contribution in [0.25, 0.3) is 5.57 Å². The summed E-state index contributed by atoms with van der Waals surface area (Å²) in [6.07, 6.45) is 4.40. The molecule has 2 aliphatic rings. The normalized spacial score (nSPS) is 19.3. The average Bonchev–Trinajstić information content (AvgIpc) is 3.28. The molecule has 0 bridgehead atoms. The van der Waals surface area contributed by atoms with E-state index in [1.165, 1.54) is 11.1 Å². The fourth-order valence-electron chi connectivity index (χ4n) is 3.58. The summed E-state index contributed by atoms with van der Waals surface area (Å²) in [6, 6.07) is 2.07. The second kappa shape index (κ2) is 10.2. The first kappa shape index (κ1) is 22.4. The lowest BCUT2D eigenvalue weighted by Crippen LogP contribution is -2.40. The van der Waals surface area contributed by atoms with Gasteiger partial charge in [0.05, 0.1) is 24.9 Å². The van der Waals surface area contributed by atoms with Crippen LogP contribution in [0.3, 0.4) is 0 Å². The predicted molar refractivity (Wildman–Crippen MR) is 115 cm³/mol. The Morgan fingerprint density at radius 3 is 2.77 bits per heavy atom. The number of hydrogen-bond acceptors (Lipinski definition) is 6. The van der Waals surface area contributed by atoms with Gasteiger partial charge in [0.1, 0.15) is 17.5 Å². The predicted octanol–water partition coefficient (Wildman–Crippen LogP) is 2.06. The molecule has 0 aromatic heterocycles. The second-order valence-corrected chi connectivity index (χ2v) is 7.33. The number of benzene rings is 1. The van der Waals surface area contributed by atoms with E-state index in [-0.39, 0.29) is 35.2 Å². The van der Waals surface area contributed by atoms with Crippen LogP contribution in [0, 0.1) is 22.5 Å². The molecule has 5 N–H and O–H groups in total. The third-order valence-corrected chi connectivity index (χ3v) is 5.22. The smallest absolute Gasteiger partial charge is 0.210 e. The van der Waals surface area contributed by atoms with Gasteiger partial charge in [0.25, 0.3) is 0 Å². The van der Waals surface area contributed by atoms with Crippen molar-refractivity contribution in [1.82, 2.24) is 15.5 Å². The van der Waals surface area contributed by atoms with Crippen molar-refractivity contribution in [2.75, 3.05) is 38.7 Å². The molecule has 1 aromatic carbocycles. The van der Waals surface area contributed by atoms with E-state index in [0.717, 1.165) is 30.5 Å². The topological polar surface area (TPSA) is 113 Å². The van der Waals surface area contributed by atoms with Gasteiger partial charge in [0.15, 0.2) is 0 Å². The molecule has 0 radical (unpaired) electrons. The molecule has 1 saturated heterocycles. The molecule has 31 heavy (non-hydrogen) atoms. The first-order valence-corrected chi connectivity index (χ1v) is 9.95. The van der Waals surface area contributed by atoms with Crippen LogP contribution in [-0.2, 0) is 9.53 Å². The van der Waals surface area contributed by atoms with Gasteiger partial charge in [-0.25, -0.2) is 8.78 Å². The van der Waals surface area contributed by atoms with Crippen LogP contribution in [0.15, 0.2) is 29.6 Å². The molecule has 166 valence electrons. The van der Waals surface area contributed by atoms with Crippen LogP contribution in [0.4, 0.5) is 14.5 Å². The van der Waals surface area contributed by atoms with Crippen molar-refractivity contribution in [3.05, 3.63) is 46.8 Å². The average molecular weight is 432 g/mol. The fraction of sp³-hybridized carbons (Fsp3) is 0.381. The molecule has 8 nitrogen and oxygen atoms in total. The van der Waals surface area contributed by atoms with Crippen LogP contribution >= 0.6 is 0 Å². The van der Waals surface area contributed by atoms with E-state index in [9.17, 15) is 13.6 Å². The summed E-state index contributed by atoms with van der Waals surface area (Å²) in [5, 5.41) is 24.6. The lowest BCUT2D eigenvalue weighted by atomic mass is 10.0. The Morgan fingerprint density at radius 2 is 2.13 bits per heavy atom. The third-order valence-electron chi connectivity index (χ3n) is 5.22. The zero-order chi connectivity index (χ0) is 22.4. The van der Waals surface area contributed by atoms with Gasteiger partial charge in [-0.3, -0.25) is 10.2 Å². The van der Waals surface area contributed by atoms with Crippen molar-refractivity contribution in [1.29, 1.82) is 10.8 Å². The highest BCUT2D eigenvalue weighted by Crippen LogP contribution is 2.25. The molecule has 0 aliphatic carbocycles. The number of hydrogen-bond donors (Lipinski definition) is 5. The van der Waals surface area contributed by atoms with Gasteiger partial charge >= 0.3 is 0 Å². The lowest BCUT2D eigenvalue weighted by Gasteiger charge is -2.30. The summed E-state index contributed by atoms with van der Waals surface area (Å²) in [5.74, 6) is -1.60. The number of amidine groups is 1. The molecular formula is C21H26F2N6O2. The van der Waals surface area contributed by atoms with E-state index in [1.807, 2.05) is 0 Å². The first-order chi connectivity index (χ1) is 15.0.